The Morgan fingerprint density at radius 2 is 1.90 bits per heavy atom. The lowest BCUT2D eigenvalue weighted by Gasteiger charge is -2.07. The van der Waals surface area contributed by atoms with E-state index in [9.17, 15) is 27.9 Å². The van der Waals surface area contributed by atoms with Crippen molar-refractivity contribution in [2.45, 2.75) is 23.9 Å². The molecule has 2 N–H and O–H groups in total. The van der Waals surface area contributed by atoms with Gasteiger partial charge in [-0.2, -0.15) is 13.2 Å². The lowest BCUT2D eigenvalue weighted by Crippen LogP contribution is -2.25. The van der Waals surface area contributed by atoms with Gasteiger partial charge >= 0.3 is 11.2 Å². The van der Waals surface area contributed by atoms with Gasteiger partial charge < -0.3 is 10.4 Å². The average molecular weight is 438 g/mol. The number of aromatic nitrogens is 3. The SMILES string of the molecule is CNC(=O)c1cc(Cn2c(C)c(O)n(-c3ccc(SC(F)(F)F)cc3)c2=O)ccn1. The fraction of sp³-hybridized carbons (Fsp3) is 0.211. The van der Waals surface area contributed by atoms with E-state index in [2.05, 4.69) is 10.3 Å². The van der Waals surface area contributed by atoms with Gasteiger partial charge in [0.25, 0.3) is 5.91 Å². The van der Waals surface area contributed by atoms with Gasteiger partial charge in [-0.05, 0) is 60.6 Å². The topological polar surface area (TPSA) is 89.2 Å². The van der Waals surface area contributed by atoms with Gasteiger partial charge in [0.15, 0.2) is 0 Å². The van der Waals surface area contributed by atoms with Crippen LogP contribution in [0.1, 0.15) is 21.7 Å². The molecule has 3 rings (SSSR count). The second kappa shape index (κ2) is 8.27. The number of alkyl halides is 3. The van der Waals surface area contributed by atoms with Crippen LogP contribution in [0.25, 0.3) is 5.69 Å². The zero-order chi connectivity index (χ0) is 22.1. The molecule has 7 nitrogen and oxygen atoms in total. The molecular formula is C19H17F3N4O3S. The van der Waals surface area contributed by atoms with Gasteiger partial charge in [-0.3, -0.25) is 14.3 Å². The Balaban J connectivity index is 1.95. The molecule has 158 valence electrons. The van der Waals surface area contributed by atoms with E-state index in [0.29, 0.717) is 5.56 Å². The summed E-state index contributed by atoms with van der Waals surface area (Å²) in [7, 11) is 1.47. The van der Waals surface area contributed by atoms with Gasteiger partial charge in [0.05, 0.1) is 17.9 Å². The first-order chi connectivity index (χ1) is 14.1. The van der Waals surface area contributed by atoms with Crippen molar-refractivity contribution in [1.82, 2.24) is 19.4 Å². The molecule has 0 unspecified atom stereocenters. The Bertz CT molecular complexity index is 1140. The molecule has 0 bridgehead atoms. The molecule has 3 aromatic rings. The van der Waals surface area contributed by atoms with Crippen LogP contribution in [0.4, 0.5) is 13.2 Å². The largest absolute Gasteiger partial charge is 0.493 e. The van der Waals surface area contributed by atoms with Gasteiger partial charge in [0.1, 0.15) is 5.69 Å². The lowest BCUT2D eigenvalue weighted by molar-refractivity contribution is -0.0328. The van der Waals surface area contributed by atoms with Crippen LogP contribution in [0.15, 0.2) is 52.3 Å². The number of halogens is 3. The number of carbonyl (C=O) groups is 1. The maximum atomic E-state index is 12.9. The van der Waals surface area contributed by atoms with E-state index in [4.69, 9.17) is 0 Å². The Labute approximate surface area is 173 Å². The standard InChI is InChI=1S/C19H17F3N4O3S/c1-11-17(28)26(13-3-5-14(6-4-13)30-19(20,21)22)18(29)25(11)10-12-7-8-24-15(9-12)16(27)23-2/h3-9,28H,10H2,1-2H3,(H,23,27). The van der Waals surface area contributed by atoms with Crippen molar-refractivity contribution in [3.63, 3.8) is 0 Å². The first-order valence-corrected chi connectivity index (χ1v) is 9.46. The summed E-state index contributed by atoms with van der Waals surface area (Å²) < 4.78 is 39.8. The lowest BCUT2D eigenvalue weighted by atomic mass is 10.2. The van der Waals surface area contributed by atoms with E-state index in [0.717, 1.165) is 4.57 Å². The number of hydrogen-bond donors (Lipinski definition) is 2. The minimum absolute atomic E-state index is 0.0338. The zero-order valence-corrected chi connectivity index (χ0v) is 16.7. The minimum Gasteiger partial charge on any atom is -0.493 e. The molecule has 11 heteroatoms. The fourth-order valence-corrected chi connectivity index (χ4v) is 3.40. The third-order valence-electron chi connectivity index (χ3n) is 4.32. The highest BCUT2D eigenvalue weighted by molar-refractivity contribution is 8.00. The number of aromatic hydroxyl groups is 1. The molecule has 2 heterocycles. The van der Waals surface area contributed by atoms with E-state index in [1.807, 2.05) is 0 Å². The van der Waals surface area contributed by atoms with Crippen molar-refractivity contribution in [1.29, 1.82) is 0 Å². The van der Waals surface area contributed by atoms with Gasteiger partial charge in [0.2, 0.25) is 5.88 Å². The second-order valence-corrected chi connectivity index (χ2v) is 7.42. The summed E-state index contributed by atoms with van der Waals surface area (Å²) in [5.41, 5.74) is -3.69. The average Bonchev–Trinajstić information content (AvgIpc) is 2.90. The molecule has 1 amide bonds. The molecule has 0 spiro atoms. The summed E-state index contributed by atoms with van der Waals surface area (Å²) in [5, 5.41) is 12.9. The Morgan fingerprint density at radius 1 is 1.23 bits per heavy atom. The van der Waals surface area contributed by atoms with Crippen LogP contribution in [-0.4, -0.2) is 37.7 Å². The number of thioether (sulfide) groups is 1. The van der Waals surface area contributed by atoms with Gasteiger partial charge in [0, 0.05) is 18.1 Å². The van der Waals surface area contributed by atoms with Crippen molar-refractivity contribution in [2.75, 3.05) is 7.05 Å². The number of imidazole rings is 1. The highest BCUT2D eigenvalue weighted by Crippen LogP contribution is 2.37. The molecule has 1 aromatic carbocycles. The highest BCUT2D eigenvalue weighted by atomic mass is 32.2. The van der Waals surface area contributed by atoms with Crippen LogP contribution < -0.4 is 11.0 Å². The van der Waals surface area contributed by atoms with Crippen LogP contribution in [-0.2, 0) is 6.54 Å². The molecule has 0 atom stereocenters. The number of amides is 1. The van der Waals surface area contributed by atoms with Gasteiger partial charge in [-0.25, -0.2) is 9.36 Å². The van der Waals surface area contributed by atoms with Crippen LogP contribution in [0.2, 0.25) is 0 Å². The maximum absolute atomic E-state index is 12.9. The fourth-order valence-electron chi connectivity index (χ4n) is 2.86. The van der Waals surface area contributed by atoms with Crippen molar-refractivity contribution < 1.29 is 23.1 Å². The Morgan fingerprint density at radius 3 is 2.50 bits per heavy atom. The van der Waals surface area contributed by atoms with Gasteiger partial charge in [-0.15, -0.1) is 0 Å². The molecule has 0 radical (unpaired) electrons. The first-order valence-electron chi connectivity index (χ1n) is 8.65. The van der Waals surface area contributed by atoms with Crippen molar-refractivity contribution >= 4 is 17.7 Å². The monoisotopic (exact) mass is 438 g/mol. The van der Waals surface area contributed by atoms with Crippen LogP contribution in [0, 0.1) is 6.92 Å². The molecule has 30 heavy (non-hydrogen) atoms. The van der Waals surface area contributed by atoms with Crippen LogP contribution in [0.3, 0.4) is 0 Å². The van der Waals surface area contributed by atoms with E-state index < -0.39 is 11.2 Å². The Hall–Kier alpha value is -3.21. The predicted molar refractivity (Wildman–Crippen MR) is 105 cm³/mol. The quantitative estimate of drug-likeness (QED) is 0.598. The summed E-state index contributed by atoms with van der Waals surface area (Å²) in [6, 6.07) is 8.28. The third kappa shape index (κ3) is 4.51. The summed E-state index contributed by atoms with van der Waals surface area (Å²) in [6.45, 7) is 1.61. The first kappa shape index (κ1) is 21.5. The zero-order valence-electron chi connectivity index (χ0n) is 15.9. The molecular weight excluding hydrogens is 421 g/mol. The summed E-state index contributed by atoms with van der Waals surface area (Å²) in [5.74, 6) is -0.699. The molecule has 2 aromatic heterocycles. The predicted octanol–water partition coefficient (Wildman–Crippen LogP) is 3.07. The summed E-state index contributed by atoms with van der Waals surface area (Å²) in [4.78, 5) is 28.6. The smallest absolute Gasteiger partial charge is 0.446 e. The van der Waals surface area contributed by atoms with E-state index >= 15 is 0 Å². The molecule has 0 saturated heterocycles. The third-order valence-corrected chi connectivity index (χ3v) is 5.06. The molecule has 0 fully saturated rings. The van der Waals surface area contributed by atoms with E-state index in [-0.39, 0.29) is 52.1 Å². The van der Waals surface area contributed by atoms with E-state index in [1.165, 1.54) is 48.1 Å². The maximum Gasteiger partial charge on any atom is 0.446 e. The number of nitrogens with zero attached hydrogens (tertiary/aromatic N) is 3. The number of nitrogens with one attached hydrogen (secondary N) is 1. The number of carbonyl (C=O) groups excluding carboxylic acids is 1. The summed E-state index contributed by atoms with van der Waals surface area (Å²) in [6.07, 6.45) is 1.44. The number of pyridine rings is 1. The van der Waals surface area contributed by atoms with Crippen LogP contribution in [0.5, 0.6) is 5.88 Å². The number of rotatable bonds is 5. The van der Waals surface area contributed by atoms with E-state index in [1.54, 1.807) is 13.0 Å². The highest BCUT2D eigenvalue weighted by Gasteiger charge is 2.29. The molecule has 0 aliphatic carbocycles. The molecule has 0 aliphatic rings. The molecule has 0 saturated carbocycles. The number of hydrogen-bond acceptors (Lipinski definition) is 5. The van der Waals surface area contributed by atoms with Crippen LogP contribution >= 0.6 is 11.8 Å². The summed E-state index contributed by atoms with van der Waals surface area (Å²) >= 11 is -0.265. The minimum atomic E-state index is -4.42. The number of benzene rings is 1. The second-order valence-electron chi connectivity index (χ2n) is 6.28. The van der Waals surface area contributed by atoms with Crippen molar-refractivity contribution in [2.24, 2.45) is 0 Å². The van der Waals surface area contributed by atoms with Crippen molar-refractivity contribution in [3.05, 3.63) is 70.0 Å². The molecule has 0 aliphatic heterocycles. The van der Waals surface area contributed by atoms with Crippen molar-refractivity contribution in [3.8, 4) is 11.6 Å². The van der Waals surface area contributed by atoms with Gasteiger partial charge in [-0.1, -0.05) is 0 Å². The Kier molecular flexibility index (Phi) is 5.92. The normalized spacial score (nSPS) is 11.5.